The van der Waals surface area contributed by atoms with Gasteiger partial charge in [0.2, 0.25) is 5.91 Å². The fourth-order valence-corrected chi connectivity index (χ4v) is 3.58. The summed E-state index contributed by atoms with van der Waals surface area (Å²) in [6.07, 6.45) is 7.89. The van der Waals surface area contributed by atoms with E-state index in [1.165, 1.54) is 0 Å². The van der Waals surface area contributed by atoms with E-state index in [4.69, 9.17) is 9.05 Å². The van der Waals surface area contributed by atoms with E-state index in [2.05, 4.69) is 19.2 Å². The molecule has 0 rings (SSSR count). The van der Waals surface area contributed by atoms with Crippen molar-refractivity contribution in [3.05, 3.63) is 0 Å². The maximum atomic E-state index is 12.3. The Labute approximate surface area is 183 Å². The van der Waals surface area contributed by atoms with Crippen molar-refractivity contribution < 1.29 is 32.9 Å². The zero-order valence-electron chi connectivity index (χ0n) is 19.7. The minimum atomic E-state index is -4.50. The van der Waals surface area contributed by atoms with Gasteiger partial charge in [-0.2, -0.15) is 0 Å². The quantitative estimate of drug-likeness (QED) is 0.177. The molecule has 0 aliphatic heterocycles. The third kappa shape index (κ3) is 17.2. The summed E-state index contributed by atoms with van der Waals surface area (Å²) in [5.74, 6) is -0.193. The average molecular weight is 453 g/mol. The predicted molar refractivity (Wildman–Crippen MR) is 118 cm³/mol. The Morgan fingerprint density at radius 1 is 1.03 bits per heavy atom. The van der Waals surface area contributed by atoms with Crippen molar-refractivity contribution in [3.63, 3.8) is 0 Å². The van der Waals surface area contributed by atoms with Gasteiger partial charge in [-0.25, -0.2) is 0 Å². The summed E-state index contributed by atoms with van der Waals surface area (Å²) in [5, 5.41) is 13.2. The van der Waals surface area contributed by atoms with Crippen LogP contribution in [0.1, 0.15) is 78.1 Å². The van der Waals surface area contributed by atoms with E-state index in [1.807, 2.05) is 21.1 Å². The number of hydrogen-bond acceptors (Lipinski definition) is 6. The second-order valence-electron chi connectivity index (χ2n) is 8.99. The van der Waals surface area contributed by atoms with Gasteiger partial charge in [0.25, 0.3) is 7.82 Å². The Balaban J connectivity index is 4.64. The van der Waals surface area contributed by atoms with E-state index in [0.29, 0.717) is 23.9 Å². The first-order chi connectivity index (χ1) is 14.0. The first-order valence-corrected chi connectivity index (χ1v) is 12.8. The zero-order chi connectivity index (χ0) is 23.0. The van der Waals surface area contributed by atoms with Crippen LogP contribution in [0.3, 0.4) is 0 Å². The summed E-state index contributed by atoms with van der Waals surface area (Å²) in [6, 6.07) is -0.783. The van der Waals surface area contributed by atoms with Crippen LogP contribution < -0.4 is 10.2 Å². The third-order valence-electron chi connectivity index (χ3n) is 4.85. The van der Waals surface area contributed by atoms with Crippen molar-refractivity contribution in [3.8, 4) is 0 Å². The lowest BCUT2D eigenvalue weighted by Crippen LogP contribution is -2.46. The van der Waals surface area contributed by atoms with E-state index in [9.17, 15) is 19.4 Å². The molecule has 1 amide bonds. The number of quaternary nitrogens is 1. The monoisotopic (exact) mass is 452 g/mol. The third-order valence-corrected chi connectivity index (χ3v) is 5.81. The molecule has 0 fully saturated rings. The Morgan fingerprint density at radius 3 is 2.23 bits per heavy atom. The minimum Gasteiger partial charge on any atom is -0.756 e. The van der Waals surface area contributed by atoms with Crippen molar-refractivity contribution in [2.75, 3.05) is 40.9 Å². The van der Waals surface area contributed by atoms with Gasteiger partial charge in [0.05, 0.1) is 39.9 Å². The first kappa shape index (κ1) is 29.5. The van der Waals surface area contributed by atoms with Crippen LogP contribution >= 0.6 is 7.82 Å². The molecule has 0 heterocycles. The fourth-order valence-electron chi connectivity index (χ4n) is 2.86. The molecule has 0 aliphatic carbocycles. The normalized spacial score (nSPS) is 16.1. The summed E-state index contributed by atoms with van der Waals surface area (Å²) in [7, 11) is 1.29. The largest absolute Gasteiger partial charge is 0.756 e. The molecule has 9 heteroatoms. The van der Waals surface area contributed by atoms with Crippen LogP contribution in [0.25, 0.3) is 0 Å². The number of nitrogens with zero attached hydrogens (tertiary/aromatic N) is 1. The number of phosphoric ester groups is 1. The highest BCUT2D eigenvalue weighted by Crippen LogP contribution is 2.38. The number of amides is 1. The van der Waals surface area contributed by atoms with Crippen molar-refractivity contribution in [2.45, 2.75) is 90.2 Å². The van der Waals surface area contributed by atoms with E-state index < -0.39 is 20.0 Å². The van der Waals surface area contributed by atoms with Crippen LogP contribution in [-0.2, 0) is 18.4 Å². The lowest BCUT2D eigenvalue weighted by Gasteiger charge is -2.30. The van der Waals surface area contributed by atoms with Crippen molar-refractivity contribution in [1.82, 2.24) is 5.32 Å². The Bertz CT molecular complexity index is 498. The number of phosphoric acid groups is 1. The van der Waals surface area contributed by atoms with Crippen LogP contribution in [-0.4, -0.2) is 68.5 Å². The number of aliphatic hydroxyl groups excluding tert-OH is 1. The van der Waals surface area contributed by atoms with Gasteiger partial charge in [0, 0.05) is 6.42 Å². The summed E-state index contributed by atoms with van der Waals surface area (Å²) < 4.78 is 22.5. The van der Waals surface area contributed by atoms with Gasteiger partial charge in [-0.1, -0.05) is 58.8 Å². The molecule has 30 heavy (non-hydrogen) atoms. The van der Waals surface area contributed by atoms with Crippen molar-refractivity contribution >= 4 is 13.7 Å². The molecule has 8 nitrogen and oxygen atoms in total. The van der Waals surface area contributed by atoms with Gasteiger partial charge >= 0.3 is 0 Å². The maximum absolute atomic E-state index is 12.3. The van der Waals surface area contributed by atoms with Gasteiger partial charge in [-0.15, -0.1) is 0 Å². The number of carbonyl (C=O) groups excluding carboxylic acids is 1. The molecular formula is C21H45N2O6P. The molecule has 0 aliphatic rings. The molecule has 0 aromatic carbocycles. The molecule has 0 spiro atoms. The van der Waals surface area contributed by atoms with Crippen LogP contribution in [0, 0.1) is 0 Å². The lowest BCUT2D eigenvalue weighted by molar-refractivity contribution is -0.870. The van der Waals surface area contributed by atoms with E-state index in [1.54, 1.807) is 0 Å². The molecule has 0 saturated heterocycles. The van der Waals surface area contributed by atoms with Gasteiger partial charge in [0.1, 0.15) is 13.2 Å². The van der Waals surface area contributed by atoms with Gasteiger partial charge < -0.3 is 28.8 Å². The van der Waals surface area contributed by atoms with Crippen LogP contribution in [0.5, 0.6) is 0 Å². The predicted octanol–water partition coefficient (Wildman–Crippen LogP) is 2.98. The van der Waals surface area contributed by atoms with Gasteiger partial charge in [-0.05, 0) is 12.8 Å². The topological polar surface area (TPSA) is 108 Å². The summed E-state index contributed by atoms with van der Waals surface area (Å²) in [4.78, 5) is 24.3. The van der Waals surface area contributed by atoms with E-state index in [-0.39, 0.29) is 19.1 Å². The summed E-state index contributed by atoms with van der Waals surface area (Å²) in [6.45, 7) is 4.39. The van der Waals surface area contributed by atoms with Crippen LogP contribution in [0.15, 0.2) is 0 Å². The van der Waals surface area contributed by atoms with Crippen molar-refractivity contribution in [1.29, 1.82) is 0 Å². The van der Waals surface area contributed by atoms with Crippen molar-refractivity contribution in [2.24, 2.45) is 0 Å². The minimum absolute atomic E-state index is 0.0120. The number of aliphatic hydroxyl groups is 1. The Morgan fingerprint density at radius 2 is 1.63 bits per heavy atom. The number of rotatable bonds is 19. The molecule has 3 unspecified atom stereocenters. The number of unbranched alkanes of at least 4 members (excludes halogenated alkanes) is 6. The molecule has 0 saturated carbocycles. The van der Waals surface area contributed by atoms with Crippen LogP contribution in [0.2, 0.25) is 0 Å². The molecule has 2 N–H and O–H groups in total. The van der Waals surface area contributed by atoms with Gasteiger partial charge in [-0.3, -0.25) is 9.36 Å². The number of hydrogen-bond donors (Lipinski definition) is 2. The zero-order valence-corrected chi connectivity index (χ0v) is 20.6. The molecule has 0 bridgehead atoms. The lowest BCUT2D eigenvalue weighted by atomic mass is 10.0. The molecule has 0 aromatic heterocycles. The highest BCUT2D eigenvalue weighted by molar-refractivity contribution is 7.45. The Kier molecular flexibility index (Phi) is 15.9. The highest BCUT2D eigenvalue weighted by atomic mass is 31.2. The van der Waals surface area contributed by atoms with Crippen LogP contribution in [0.4, 0.5) is 0 Å². The Hall–Kier alpha value is -0.500. The number of carbonyl (C=O) groups is 1. The maximum Gasteiger partial charge on any atom is 0.268 e. The number of likely N-dealkylation sites (N-methyl/N-ethyl adjacent to an activating group) is 1. The SMILES string of the molecule is CCCCCCCC(=O)NC(COP(=O)([O-])OCC[N+](C)(C)C)C(O)CCCCC. The smallest absolute Gasteiger partial charge is 0.268 e. The molecule has 180 valence electrons. The fraction of sp³-hybridized carbons (Fsp3) is 0.952. The standard InChI is InChI=1S/C21H45N2O6P/c1-6-8-10-11-13-15-21(25)22-19(20(24)14-12-9-7-2)18-29-30(26,27)28-17-16-23(3,4)5/h19-20,24H,6-18H2,1-5H3,(H-,22,25,26,27). The van der Waals surface area contributed by atoms with E-state index in [0.717, 1.165) is 51.4 Å². The highest BCUT2D eigenvalue weighted by Gasteiger charge is 2.24. The molecule has 0 radical (unpaired) electrons. The summed E-state index contributed by atoms with van der Waals surface area (Å²) in [5.41, 5.74) is 0. The summed E-state index contributed by atoms with van der Waals surface area (Å²) >= 11 is 0. The number of nitrogens with one attached hydrogen (secondary N) is 1. The van der Waals surface area contributed by atoms with Gasteiger partial charge in [0.15, 0.2) is 0 Å². The second kappa shape index (κ2) is 16.2. The molecular weight excluding hydrogens is 407 g/mol. The molecule has 0 aromatic rings. The first-order valence-electron chi connectivity index (χ1n) is 11.4. The average Bonchev–Trinajstić information content (AvgIpc) is 2.63. The molecule has 3 atom stereocenters. The second-order valence-corrected chi connectivity index (χ2v) is 10.4. The van der Waals surface area contributed by atoms with E-state index >= 15 is 0 Å².